The molecule has 0 aliphatic carbocycles. The van der Waals surface area contributed by atoms with Crippen LogP contribution < -0.4 is 4.90 Å². The molecule has 0 saturated heterocycles. The molecular formula is C13H10N2O4. The summed E-state index contributed by atoms with van der Waals surface area (Å²) < 4.78 is 4.83. The number of para-hydroxylation sites is 1. The number of hydrogen-bond acceptors (Lipinski definition) is 4. The number of benzene rings is 1. The Labute approximate surface area is 108 Å². The van der Waals surface area contributed by atoms with E-state index < -0.39 is 11.9 Å². The summed E-state index contributed by atoms with van der Waals surface area (Å²) in [5.74, 6) is -1.93. The molecule has 2 aromatic rings. The molecule has 6 nitrogen and oxygen atoms in total. The molecule has 1 aromatic carbocycles. The zero-order valence-corrected chi connectivity index (χ0v) is 9.81. The quantitative estimate of drug-likeness (QED) is 0.882. The first-order valence-electron chi connectivity index (χ1n) is 5.73. The Hall–Kier alpha value is -2.63. The summed E-state index contributed by atoms with van der Waals surface area (Å²) in [4.78, 5) is 24.9. The molecule has 19 heavy (non-hydrogen) atoms. The van der Waals surface area contributed by atoms with Gasteiger partial charge in [-0.3, -0.25) is 9.59 Å². The topological polar surface area (TPSA) is 83.6 Å². The molecule has 6 heteroatoms. The fraction of sp³-hybridized carbons (Fsp3) is 0.154. The summed E-state index contributed by atoms with van der Waals surface area (Å²) >= 11 is 0. The Balaban J connectivity index is 2.01. The second-order valence-electron chi connectivity index (χ2n) is 4.24. The van der Waals surface area contributed by atoms with Crippen molar-refractivity contribution < 1.29 is 19.2 Å². The molecule has 0 fully saturated rings. The molecule has 1 aliphatic heterocycles. The van der Waals surface area contributed by atoms with E-state index in [1.54, 1.807) is 24.3 Å². The van der Waals surface area contributed by atoms with Crippen LogP contribution in [0.4, 0.5) is 5.69 Å². The summed E-state index contributed by atoms with van der Waals surface area (Å²) in [6, 6.07) is 8.44. The van der Waals surface area contributed by atoms with Crippen LogP contribution in [0.1, 0.15) is 22.0 Å². The summed E-state index contributed by atoms with van der Waals surface area (Å²) in [5.41, 5.74) is 1.25. The number of carboxylic acid groups (broad SMARTS) is 1. The third-order valence-corrected chi connectivity index (χ3v) is 3.16. The minimum Gasteiger partial charge on any atom is -0.481 e. The van der Waals surface area contributed by atoms with Crippen LogP contribution in [-0.4, -0.2) is 28.7 Å². The Bertz CT molecular complexity index is 636. The number of hydrogen-bond donors (Lipinski definition) is 1. The molecule has 0 bridgehead atoms. The van der Waals surface area contributed by atoms with Gasteiger partial charge in [-0.1, -0.05) is 23.4 Å². The molecule has 0 radical (unpaired) electrons. The fourth-order valence-corrected chi connectivity index (χ4v) is 2.27. The molecule has 1 unspecified atom stereocenters. The van der Waals surface area contributed by atoms with Crippen LogP contribution >= 0.6 is 0 Å². The van der Waals surface area contributed by atoms with E-state index >= 15 is 0 Å². The number of nitrogens with zero attached hydrogens (tertiary/aromatic N) is 2. The van der Waals surface area contributed by atoms with E-state index in [1.165, 1.54) is 17.2 Å². The number of fused-ring (bicyclic) bond motifs is 1. The molecular weight excluding hydrogens is 248 g/mol. The van der Waals surface area contributed by atoms with Crippen LogP contribution in [0, 0.1) is 0 Å². The van der Waals surface area contributed by atoms with Gasteiger partial charge in [-0.15, -0.1) is 0 Å². The van der Waals surface area contributed by atoms with E-state index in [2.05, 4.69) is 5.16 Å². The Kier molecular flexibility index (Phi) is 2.56. The summed E-state index contributed by atoms with van der Waals surface area (Å²) in [6.07, 6.45) is 1.38. The van der Waals surface area contributed by atoms with Crippen molar-refractivity contribution in [1.29, 1.82) is 0 Å². The van der Waals surface area contributed by atoms with Crippen molar-refractivity contribution in [3.05, 3.63) is 47.9 Å². The second kappa shape index (κ2) is 4.24. The highest BCUT2D eigenvalue weighted by Gasteiger charge is 2.37. The number of aliphatic carboxylic acids is 1. The molecule has 1 aromatic heterocycles. The normalized spacial score (nSPS) is 17.3. The molecule has 96 valence electrons. The van der Waals surface area contributed by atoms with Crippen molar-refractivity contribution >= 4 is 17.6 Å². The van der Waals surface area contributed by atoms with E-state index in [0.29, 0.717) is 11.3 Å². The van der Waals surface area contributed by atoms with Gasteiger partial charge in [-0.25, -0.2) is 0 Å². The smallest absolute Gasteiger partial charge is 0.312 e. The predicted molar refractivity (Wildman–Crippen MR) is 65.0 cm³/mol. The van der Waals surface area contributed by atoms with Crippen molar-refractivity contribution in [2.45, 2.75) is 5.92 Å². The predicted octanol–water partition coefficient (Wildman–Crippen LogP) is 1.50. The maximum Gasteiger partial charge on any atom is 0.312 e. The van der Waals surface area contributed by atoms with Crippen LogP contribution in [0.5, 0.6) is 0 Å². The first kappa shape index (κ1) is 11.5. The van der Waals surface area contributed by atoms with Crippen LogP contribution in [0.2, 0.25) is 0 Å². The van der Waals surface area contributed by atoms with E-state index in [-0.39, 0.29) is 18.2 Å². The van der Waals surface area contributed by atoms with Crippen LogP contribution in [-0.2, 0) is 4.79 Å². The summed E-state index contributed by atoms with van der Waals surface area (Å²) in [5, 5.41) is 12.7. The first-order chi connectivity index (χ1) is 9.18. The number of carbonyl (C=O) groups excluding carboxylic acids is 1. The summed E-state index contributed by atoms with van der Waals surface area (Å²) in [6.45, 7) is 0.105. The van der Waals surface area contributed by atoms with Gasteiger partial charge in [0.15, 0.2) is 0 Å². The molecule has 1 N–H and O–H groups in total. The van der Waals surface area contributed by atoms with E-state index in [1.807, 2.05) is 0 Å². The average Bonchev–Trinajstić information content (AvgIpc) is 3.05. The largest absolute Gasteiger partial charge is 0.481 e. The number of anilines is 1. The Morgan fingerprint density at radius 2 is 2.11 bits per heavy atom. The number of amides is 1. The summed E-state index contributed by atoms with van der Waals surface area (Å²) in [7, 11) is 0. The minimum absolute atomic E-state index is 0.0980. The lowest BCUT2D eigenvalue weighted by Crippen LogP contribution is -2.30. The SMILES string of the molecule is O=C(O)C1CN(C(=O)c2ccno2)c2ccccc21. The van der Waals surface area contributed by atoms with Gasteiger partial charge in [0.05, 0.1) is 6.20 Å². The Morgan fingerprint density at radius 3 is 2.79 bits per heavy atom. The Morgan fingerprint density at radius 1 is 1.32 bits per heavy atom. The van der Waals surface area contributed by atoms with Gasteiger partial charge < -0.3 is 14.5 Å². The highest BCUT2D eigenvalue weighted by atomic mass is 16.5. The molecule has 1 amide bonds. The van der Waals surface area contributed by atoms with Gasteiger partial charge in [0.2, 0.25) is 5.76 Å². The van der Waals surface area contributed by atoms with Gasteiger partial charge in [-0.2, -0.15) is 0 Å². The number of rotatable bonds is 2. The lowest BCUT2D eigenvalue weighted by Gasteiger charge is -2.15. The van der Waals surface area contributed by atoms with Crippen molar-refractivity contribution in [3.8, 4) is 0 Å². The highest BCUT2D eigenvalue weighted by Crippen LogP contribution is 2.36. The average molecular weight is 258 g/mol. The third-order valence-electron chi connectivity index (χ3n) is 3.16. The van der Waals surface area contributed by atoms with Crippen LogP contribution in [0.15, 0.2) is 41.1 Å². The van der Waals surface area contributed by atoms with Crippen molar-refractivity contribution in [1.82, 2.24) is 5.16 Å². The van der Waals surface area contributed by atoms with Gasteiger partial charge in [0.25, 0.3) is 5.91 Å². The van der Waals surface area contributed by atoms with Crippen molar-refractivity contribution in [3.63, 3.8) is 0 Å². The molecule has 0 spiro atoms. The van der Waals surface area contributed by atoms with E-state index in [4.69, 9.17) is 4.52 Å². The zero-order chi connectivity index (χ0) is 13.4. The number of carboxylic acids is 1. The van der Waals surface area contributed by atoms with Crippen LogP contribution in [0.25, 0.3) is 0 Å². The lowest BCUT2D eigenvalue weighted by atomic mass is 10.0. The highest BCUT2D eigenvalue weighted by molar-refractivity contribution is 6.07. The lowest BCUT2D eigenvalue weighted by molar-refractivity contribution is -0.138. The molecule has 1 atom stereocenters. The van der Waals surface area contributed by atoms with Gasteiger partial charge in [0, 0.05) is 18.3 Å². The molecule has 3 rings (SSSR count). The number of aromatic nitrogens is 1. The minimum atomic E-state index is -0.944. The zero-order valence-electron chi connectivity index (χ0n) is 9.81. The van der Waals surface area contributed by atoms with Crippen molar-refractivity contribution in [2.75, 3.05) is 11.4 Å². The third kappa shape index (κ3) is 1.77. The number of carbonyl (C=O) groups is 2. The molecule has 0 saturated carbocycles. The molecule has 1 aliphatic rings. The standard InChI is InChI=1S/C13H10N2O4/c16-12(11-5-6-14-19-11)15-7-9(13(17)18)8-3-1-2-4-10(8)15/h1-6,9H,7H2,(H,17,18). The molecule has 2 heterocycles. The van der Waals surface area contributed by atoms with E-state index in [9.17, 15) is 14.7 Å². The maximum absolute atomic E-state index is 12.2. The monoisotopic (exact) mass is 258 g/mol. The van der Waals surface area contributed by atoms with Crippen LogP contribution in [0.3, 0.4) is 0 Å². The second-order valence-corrected chi connectivity index (χ2v) is 4.24. The maximum atomic E-state index is 12.2. The van der Waals surface area contributed by atoms with Gasteiger partial charge in [0.1, 0.15) is 5.92 Å². The van der Waals surface area contributed by atoms with Gasteiger partial charge >= 0.3 is 5.97 Å². The fourth-order valence-electron chi connectivity index (χ4n) is 2.27. The van der Waals surface area contributed by atoms with Gasteiger partial charge in [-0.05, 0) is 11.6 Å². The van der Waals surface area contributed by atoms with E-state index in [0.717, 1.165) is 0 Å². The van der Waals surface area contributed by atoms with Crippen molar-refractivity contribution in [2.24, 2.45) is 0 Å². The first-order valence-corrected chi connectivity index (χ1v) is 5.73.